The molecule has 0 radical (unpaired) electrons. The van der Waals surface area contributed by atoms with Crippen LogP contribution in [0.3, 0.4) is 0 Å². The van der Waals surface area contributed by atoms with Crippen LogP contribution < -0.4 is 10.3 Å². The van der Waals surface area contributed by atoms with Gasteiger partial charge in [-0.15, -0.1) is 0 Å². The Morgan fingerprint density at radius 2 is 2.06 bits per heavy atom. The Morgan fingerprint density at radius 1 is 1.30 bits per heavy atom. The maximum atomic E-state index is 15.0. The fourth-order valence-electron chi connectivity index (χ4n) is 4.52. The van der Waals surface area contributed by atoms with Gasteiger partial charge in [0.2, 0.25) is 16.5 Å². The summed E-state index contributed by atoms with van der Waals surface area (Å²) in [7, 11) is 0. The lowest BCUT2D eigenvalue weighted by Crippen LogP contribution is -2.71. The molecule has 0 atom stereocenters. The molecule has 6 heterocycles. The third-order valence-corrected chi connectivity index (χ3v) is 7.13. The monoisotopic (exact) mass is 472 g/mol. The Kier molecular flexibility index (Phi) is 4.29. The maximum Gasteiger partial charge on any atom is 0.341 e. The van der Waals surface area contributed by atoms with Crippen LogP contribution in [0.1, 0.15) is 16.8 Å². The van der Waals surface area contributed by atoms with E-state index in [0.29, 0.717) is 26.2 Å². The summed E-state index contributed by atoms with van der Waals surface area (Å²) in [4.78, 5) is 48.7. The molecule has 3 aromatic heterocycles. The largest absolute Gasteiger partial charge is 0.477 e. The standard InChI is InChI=1S/C20H17FN6O5S/c21-13-3-11-14(28)12(18(30)31)6-27(19-22-9-23-33-19)15(11)24-16(13)25-4-10(5-25)17(29)26-7-20(8-26)1-2-32-20/h3,6,9-10H,1-2,4-5,7-8H2,(H,30,31). The summed E-state index contributed by atoms with van der Waals surface area (Å²) in [6.45, 7) is 2.54. The SMILES string of the molecule is O=C(O)c1cn(-c2ncns2)c2nc(N3CC(C(=O)N4CC5(CCO5)C4)C3)c(F)cc2c1=O. The number of ether oxygens (including phenoxy) is 1. The third-order valence-electron chi connectivity index (χ3n) is 6.47. The Labute approximate surface area is 189 Å². The van der Waals surface area contributed by atoms with Crippen molar-refractivity contribution < 1.29 is 23.8 Å². The van der Waals surface area contributed by atoms with E-state index in [1.165, 1.54) is 10.9 Å². The number of fused-ring (bicyclic) bond motifs is 1. The van der Waals surface area contributed by atoms with Gasteiger partial charge in [-0.1, -0.05) is 0 Å². The van der Waals surface area contributed by atoms with E-state index in [1.807, 2.05) is 0 Å². The number of aromatic carboxylic acids is 1. The summed E-state index contributed by atoms with van der Waals surface area (Å²) in [6, 6.07) is 0.992. The predicted octanol–water partition coefficient (Wildman–Crippen LogP) is 0.512. The predicted molar refractivity (Wildman–Crippen MR) is 113 cm³/mol. The third kappa shape index (κ3) is 3.03. The number of amides is 1. The van der Waals surface area contributed by atoms with E-state index in [-0.39, 0.29) is 39.4 Å². The zero-order valence-electron chi connectivity index (χ0n) is 17.1. The number of nitrogens with zero attached hydrogens (tertiary/aromatic N) is 6. The van der Waals surface area contributed by atoms with E-state index in [4.69, 9.17) is 4.74 Å². The van der Waals surface area contributed by atoms with Gasteiger partial charge < -0.3 is 19.6 Å². The molecular weight excluding hydrogens is 455 g/mol. The normalized spacial score (nSPS) is 19.3. The molecule has 3 fully saturated rings. The first-order valence-electron chi connectivity index (χ1n) is 10.3. The van der Waals surface area contributed by atoms with Crippen molar-refractivity contribution in [3.8, 4) is 5.13 Å². The molecule has 1 amide bonds. The molecule has 170 valence electrons. The zero-order valence-corrected chi connectivity index (χ0v) is 17.9. The fraction of sp³-hybridized carbons (Fsp3) is 0.400. The van der Waals surface area contributed by atoms with Crippen LogP contribution in [0.4, 0.5) is 10.2 Å². The minimum absolute atomic E-state index is 0.00491. The van der Waals surface area contributed by atoms with Crippen molar-refractivity contribution in [2.24, 2.45) is 5.92 Å². The highest BCUT2D eigenvalue weighted by Gasteiger charge is 2.52. The second-order valence-corrected chi connectivity index (χ2v) is 9.27. The van der Waals surface area contributed by atoms with Crippen molar-refractivity contribution in [3.63, 3.8) is 0 Å². The summed E-state index contributed by atoms with van der Waals surface area (Å²) in [5.74, 6) is -2.45. The molecule has 3 aromatic rings. The van der Waals surface area contributed by atoms with Gasteiger partial charge in [-0.3, -0.25) is 14.2 Å². The van der Waals surface area contributed by atoms with E-state index in [9.17, 15) is 23.9 Å². The number of pyridine rings is 2. The topological polar surface area (TPSA) is 131 Å². The van der Waals surface area contributed by atoms with Gasteiger partial charge in [-0.25, -0.2) is 19.2 Å². The van der Waals surface area contributed by atoms with Crippen LogP contribution in [0, 0.1) is 11.7 Å². The highest BCUT2D eigenvalue weighted by molar-refractivity contribution is 7.08. The average molecular weight is 472 g/mol. The van der Waals surface area contributed by atoms with Gasteiger partial charge in [0.15, 0.2) is 17.3 Å². The minimum atomic E-state index is -1.44. The van der Waals surface area contributed by atoms with Gasteiger partial charge in [0.25, 0.3) is 0 Å². The summed E-state index contributed by atoms with van der Waals surface area (Å²) < 4.78 is 25.7. The van der Waals surface area contributed by atoms with E-state index >= 15 is 0 Å². The smallest absolute Gasteiger partial charge is 0.341 e. The zero-order chi connectivity index (χ0) is 22.9. The van der Waals surface area contributed by atoms with Gasteiger partial charge >= 0.3 is 5.97 Å². The van der Waals surface area contributed by atoms with Gasteiger partial charge in [0, 0.05) is 37.2 Å². The second-order valence-electron chi connectivity index (χ2n) is 8.51. The van der Waals surface area contributed by atoms with E-state index in [2.05, 4.69) is 14.3 Å². The number of aromatic nitrogens is 4. The molecule has 3 saturated heterocycles. The number of halogens is 1. The summed E-state index contributed by atoms with van der Waals surface area (Å²) in [5, 5.41) is 9.51. The van der Waals surface area contributed by atoms with Crippen molar-refractivity contribution in [3.05, 3.63) is 40.2 Å². The van der Waals surface area contributed by atoms with E-state index < -0.39 is 22.8 Å². The number of anilines is 1. The molecule has 1 N–H and O–H groups in total. The van der Waals surface area contributed by atoms with Crippen LogP contribution in [-0.4, -0.2) is 79.2 Å². The lowest BCUT2D eigenvalue weighted by molar-refractivity contribution is -0.223. The summed E-state index contributed by atoms with van der Waals surface area (Å²) in [6.07, 6.45) is 3.38. The minimum Gasteiger partial charge on any atom is -0.477 e. The quantitative estimate of drug-likeness (QED) is 0.577. The maximum absolute atomic E-state index is 15.0. The van der Waals surface area contributed by atoms with Crippen LogP contribution in [0.15, 0.2) is 23.4 Å². The van der Waals surface area contributed by atoms with Crippen LogP contribution in [0.2, 0.25) is 0 Å². The lowest BCUT2D eigenvalue weighted by atomic mass is 9.84. The molecule has 0 unspecified atom stereocenters. The van der Waals surface area contributed by atoms with Gasteiger partial charge in [-0.2, -0.15) is 4.37 Å². The molecule has 11 nitrogen and oxygen atoms in total. The molecule has 3 aliphatic rings. The molecule has 33 heavy (non-hydrogen) atoms. The number of carbonyl (C=O) groups is 2. The van der Waals surface area contributed by atoms with Crippen molar-refractivity contribution in [2.75, 3.05) is 37.7 Å². The van der Waals surface area contributed by atoms with Gasteiger partial charge in [-0.05, 0) is 6.07 Å². The first-order chi connectivity index (χ1) is 15.8. The van der Waals surface area contributed by atoms with Crippen LogP contribution in [0.5, 0.6) is 0 Å². The molecule has 3 aliphatic heterocycles. The number of hydrogen-bond donors (Lipinski definition) is 1. The average Bonchev–Trinajstić information content (AvgIpc) is 3.20. The van der Waals surface area contributed by atoms with Crippen molar-refractivity contribution in [2.45, 2.75) is 12.0 Å². The second kappa shape index (κ2) is 7.02. The molecule has 6 rings (SSSR count). The number of hydrogen-bond acceptors (Lipinski definition) is 9. The van der Waals surface area contributed by atoms with Crippen LogP contribution in [0.25, 0.3) is 16.2 Å². The van der Waals surface area contributed by atoms with E-state index in [0.717, 1.165) is 36.8 Å². The first-order valence-corrected chi connectivity index (χ1v) is 11.1. The molecule has 0 saturated carbocycles. The van der Waals surface area contributed by atoms with Crippen LogP contribution >= 0.6 is 11.5 Å². The van der Waals surface area contributed by atoms with E-state index in [1.54, 1.807) is 9.80 Å². The molecule has 13 heteroatoms. The lowest BCUT2D eigenvalue weighted by Gasteiger charge is -2.56. The molecular formula is C20H17FN6O5S. The highest BCUT2D eigenvalue weighted by Crippen LogP contribution is 2.38. The Balaban J connectivity index is 1.31. The fourth-order valence-corrected chi connectivity index (χ4v) is 5.03. The van der Waals surface area contributed by atoms with Gasteiger partial charge in [0.1, 0.15) is 17.5 Å². The Morgan fingerprint density at radius 3 is 2.67 bits per heavy atom. The number of carboxylic acids is 1. The summed E-state index contributed by atoms with van der Waals surface area (Å²) >= 11 is 0.977. The summed E-state index contributed by atoms with van der Waals surface area (Å²) in [5.41, 5.74) is -1.43. The Hall–Kier alpha value is -3.45. The van der Waals surface area contributed by atoms with Crippen molar-refractivity contribution in [1.29, 1.82) is 0 Å². The first kappa shape index (κ1) is 20.2. The molecule has 0 aliphatic carbocycles. The number of rotatable bonds is 4. The number of carboxylic acid groups (broad SMARTS) is 1. The molecule has 0 aromatic carbocycles. The molecule has 0 bridgehead atoms. The Bertz CT molecular complexity index is 1360. The van der Waals surface area contributed by atoms with Gasteiger partial charge in [0.05, 0.1) is 31.0 Å². The molecule has 1 spiro atoms. The number of likely N-dealkylation sites (tertiary alicyclic amines) is 1. The van der Waals surface area contributed by atoms with Crippen LogP contribution in [-0.2, 0) is 9.53 Å². The van der Waals surface area contributed by atoms with Crippen molar-refractivity contribution >= 4 is 40.3 Å². The highest BCUT2D eigenvalue weighted by atomic mass is 32.1. The van der Waals surface area contributed by atoms with Crippen molar-refractivity contribution in [1.82, 2.24) is 23.8 Å². The number of carbonyl (C=O) groups excluding carboxylic acids is 1.